The molecule has 9 heteroatoms. The lowest BCUT2D eigenvalue weighted by atomic mass is 10.1. The van der Waals surface area contributed by atoms with E-state index in [9.17, 15) is 22.8 Å². The smallest absolute Gasteiger partial charge is 0.369 e. The summed E-state index contributed by atoms with van der Waals surface area (Å²) in [5.74, 6) is -1.31. The van der Waals surface area contributed by atoms with Crippen LogP contribution in [0.2, 0.25) is 0 Å². The molecule has 0 saturated carbocycles. The van der Waals surface area contributed by atoms with Gasteiger partial charge in [0, 0.05) is 56.2 Å². The largest absolute Gasteiger partial charge is 0.416 e. The summed E-state index contributed by atoms with van der Waals surface area (Å²) < 4.78 is 39.1. The summed E-state index contributed by atoms with van der Waals surface area (Å²) in [5.41, 5.74) is 2.15. The first-order valence-electron chi connectivity index (χ1n) is 10.9. The monoisotopic (exact) mass is 460 g/mol. The van der Waals surface area contributed by atoms with Gasteiger partial charge in [-0.3, -0.25) is 9.59 Å². The van der Waals surface area contributed by atoms with E-state index in [1.54, 1.807) is 0 Å². The lowest BCUT2D eigenvalue weighted by molar-refractivity contribution is -0.137. The van der Waals surface area contributed by atoms with Crippen LogP contribution in [0.3, 0.4) is 0 Å². The van der Waals surface area contributed by atoms with Crippen LogP contribution in [0, 0.1) is 12.8 Å². The zero-order chi connectivity index (χ0) is 23.8. The molecule has 1 N–H and O–H groups in total. The maximum absolute atomic E-state index is 13.0. The van der Waals surface area contributed by atoms with E-state index >= 15 is 0 Å². The molecule has 0 bridgehead atoms. The average Bonchev–Trinajstić information content (AvgIpc) is 3.16. The van der Waals surface area contributed by atoms with Crippen molar-refractivity contribution in [3.05, 3.63) is 53.6 Å². The zero-order valence-corrected chi connectivity index (χ0v) is 18.7. The Morgan fingerprint density at radius 3 is 2.45 bits per heavy atom. The number of benzene rings is 2. The number of amides is 2. The van der Waals surface area contributed by atoms with E-state index in [0.29, 0.717) is 5.69 Å². The quantitative estimate of drug-likeness (QED) is 0.755. The standard InChI is InChI=1S/C24H27F3N4O2/c1-16-12-19(6-7-21(16)30-10-8-29(2)9-11-30)28-23(33)17-13-22(32)31(15-17)20-5-3-4-18(14-20)24(25,26)27/h3-7,12,14,17H,8-11,13,15H2,1-2H3,(H,28,33). The second kappa shape index (κ2) is 9.05. The molecule has 2 aromatic carbocycles. The Morgan fingerprint density at radius 1 is 1.06 bits per heavy atom. The van der Waals surface area contributed by atoms with Gasteiger partial charge < -0.3 is 20.0 Å². The van der Waals surface area contributed by atoms with E-state index < -0.39 is 17.7 Å². The van der Waals surface area contributed by atoms with E-state index in [1.165, 1.54) is 17.0 Å². The highest BCUT2D eigenvalue weighted by Crippen LogP contribution is 2.34. The van der Waals surface area contributed by atoms with Crippen molar-refractivity contribution in [2.75, 3.05) is 54.9 Å². The van der Waals surface area contributed by atoms with Gasteiger partial charge >= 0.3 is 6.18 Å². The van der Waals surface area contributed by atoms with Gasteiger partial charge in [0.15, 0.2) is 0 Å². The summed E-state index contributed by atoms with van der Waals surface area (Å²) in [6.45, 7) is 5.92. The number of likely N-dealkylation sites (N-methyl/N-ethyl adjacent to an activating group) is 1. The van der Waals surface area contributed by atoms with Gasteiger partial charge in [-0.25, -0.2) is 0 Å². The molecular weight excluding hydrogens is 433 g/mol. The molecule has 1 atom stereocenters. The number of halogens is 3. The number of aryl methyl sites for hydroxylation is 1. The molecule has 2 aliphatic heterocycles. The summed E-state index contributed by atoms with van der Waals surface area (Å²) >= 11 is 0. The molecule has 6 nitrogen and oxygen atoms in total. The summed E-state index contributed by atoms with van der Waals surface area (Å²) in [4.78, 5) is 31.1. The molecule has 0 spiro atoms. The Bertz CT molecular complexity index is 1050. The molecule has 2 aliphatic rings. The predicted octanol–water partition coefficient (Wildman–Crippen LogP) is 3.76. The number of nitrogens with one attached hydrogen (secondary N) is 1. The third-order valence-corrected chi connectivity index (χ3v) is 6.29. The first kappa shape index (κ1) is 23.1. The van der Waals surface area contributed by atoms with Crippen LogP contribution in [0.15, 0.2) is 42.5 Å². The normalized spacial score (nSPS) is 19.8. The molecule has 33 heavy (non-hydrogen) atoms. The van der Waals surface area contributed by atoms with E-state index in [4.69, 9.17) is 0 Å². The van der Waals surface area contributed by atoms with Crippen LogP contribution in [0.25, 0.3) is 0 Å². The maximum atomic E-state index is 13.0. The fourth-order valence-electron chi connectivity index (χ4n) is 4.36. The van der Waals surface area contributed by atoms with Crippen LogP contribution in [0.4, 0.5) is 30.2 Å². The van der Waals surface area contributed by atoms with E-state index in [0.717, 1.165) is 49.6 Å². The Balaban J connectivity index is 1.41. The molecule has 2 fully saturated rings. The number of hydrogen-bond acceptors (Lipinski definition) is 4. The van der Waals surface area contributed by atoms with Crippen molar-refractivity contribution in [1.29, 1.82) is 0 Å². The van der Waals surface area contributed by atoms with E-state index in [2.05, 4.69) is 22.2 Å². The lowest BCUT2D eigenvalue weighted by Crippen LogP contribution is -2.44. The van der Waals surface area contributed by atoms with Gasteiger partial charge in [-0.1, -0.05) is 6.07 Å². The number of hydrogen-bond donors (Lipinski definition) is 1. The molecule has 2 aromatic rings. The zero-order valence-electron chi connectivity index (χ0n) is 18.7. The predicted molar refractivity (Wildman–Crippen MR) is 121 cm³/mol. The minimum atomic E-state index is -4.50. The summed E-state index contributed by atoms with van der Waals surface area (Å²) in [6.07, 6.45) is -4.54. The van der Waals surface area contributed by atoms with Crippen molar-refractivity contribution in [3.63, 3.8) is 0 Å². The van der Waals surface area contributed by atoms with Gasteiger partial charge in [-0.2, -0.15) is 13.2 Å². The minimum Gasteiger partial charge on any atom is -0.369 e. The topological polar surface area (TPSA) is 55.9 Å². The van der Waals surface area contributed by atoms with Gasteiger partial charge in [0.05, 0.1) is 11.5 Å². The highest BCUT2D eigenvalue weighted by atomic mass is 19.4. The van der Waals surface area contributed by atoms with Crippen molar-refractivity contribution in [2.45, 2.75) is 19.5 Å². The van der Waals surface area contributed by atoms with Gasteiger partial charge in [0.2, 0.25) is 11.8 Å². The minimum absolute atomic E-state index is 0.0412. The van der Waals surface area contributed by atoms with Gasteiger partial charge in [-0.15, -0.1) is 0 Å². The number of carbonyl (C=O) groups excluding carboxylic acids is 2. The Hall–Kier alpha value is -3.07. The first-order valence-corrected chi connectivity index (χ1v) is 10.9. The van der Waals surface area contributed by atoms with Crippen LogP contribution in [0.1, 0.15) is 17.5 Å². The lowest BCUT2D eigenvalue weighted by Gasteiger charge is -2.35. The first-order chi connectivity index (χ1) is 15.6. The summed E-state index contributed by atoms with van der Waals surface area (Å²) in [6, 6.07) is 10.4. The van der Waals surface area contributed by atoms with Crippen LogP contribution in [-0.2, 0) is 15.8 Å². The van der Waals surface area contributed by atoms with Crippen molar-refractivity contribution < 1.29 is 22.8 Å². The Labute approximate surface area is 191 Å². The second-order valence-corrected chi connectivity index (χ2v) is 8.73. The molecular formula is C24H27F3N4O2. The number of carbonyl (C=O) groups is 2. The maximum Gasteiger partial charge on any atom is 0.416 e. The van der Waals surface area contributed by atoms with Crippen molar-refractivity contribution in [1.82, 2.24) is 4.90 Å². The van der Waals surface area contributed by atoms with Crippen molar-refractivity contribution in [2.24, 2.45) is 5.92 Å². The van der Waals surface area contributed by atoms with E-state index in [1.807, 2.05) is 25.1 Å². The highest BCUT2D eigenvalue weighted by Gasteiger charge is 2.37. The van der Waals surface area contributed by atoms with Crippen molar-refractivity contribution in [3.8, 4) is 0 Å². The van der Waals surface area contributed by atoms with Crippen LogP contribution >= 0.6 is 0 Å². The van der Waals surface area contributed by atoms with Gasteiger partial charge in [0.1, 0.15) is 0 Å². The number of piperazine rings is 1. The Morgan fingerprint density at radius 2 is 1.79 bits per heavy atom. The van der Waals surface area contributed by atoms with Crippen LogP contribution < -0.4 is 15.1 Å². The molecule has 2 amide bonds. The van der Waals surface area contributed by atoms with E-state index in [-0.39, 0.29) is 30.5 Å². The third kappa shape index (κ3) is 5.13. The summed E-state index contributed by atoms with van der Waals surface area (Å²) in [5, 5.41) is 2.87. The molecule has 176 valence electrons. The fourth-order valence-corrected chi connectivity index (χ4v) is 4.36. The number of nitrogens with zero attached hydrogens (tertiary/aromatic N) is 3. The van der Waals surface area contributed by atoms with Crippen LogP contribution in [-0.4, -0.2) is 56.5 Å². The Kier molecular flexibility index (Phi) is 6.34. The average molecular weight is 461 g/mol. The number of rotatable bonds is 4. The van der Waals surface area contributed by atoms with Crippen molar-refractivity contribution >= 4 is 28.9 Å². The fraction of sp³-hybridized carbons (Fsp3) is 0.417. The molecule has 0 radical (unpaired) electrons. The number of alkyl halides is 3. The second-order valence-electron chi connectivity index (χ2n) is 8.73. The van der Waals surface area contributed by atoms with Crippen LogP contribution in [0.5, 0.6) is 0 Å². The SMILES string of the molecule is Cc1cc(NC(=O)C2CC(=O)N(c3cccc(C(F)(F)F)c3)C2)ccc1N1CCN(C)CC1. The molecule has 2 heterocycles. The highest BCUT2D eigenvalue weighted by molar-refractivity contribution is 6.03. The molecule has 4 rings (SSSR count). The third-order valence-electron chi connectivity index (χ3n) is 6.29. The molecule has 0 aromatic heterocycles. The van der Waals surface area contributed by atoms with Gasteiger partial charge in [-0.05, 0) is 55.9 Å². The molecule has 0 aliphatic carbocycles. The summed E-state index contributed by atoms with van der Waals surface area (Å²) in [7, 11) is 2.10. The van der Waals surface area contributed by atoms with Gasteiger partial charge in [0.25, 0.3) is 0 Å². The molecule has 2 saturated heterocycles. The number of anilines is 3. The molecule has 1 unspecified atom stereocenters.